The van der Waals surface area contributed by atoms with E-state index in [1.165, 1.54) is 0 Å². The van der Waals surface area contributed by atoms with Crippen molar-refractivity contribution in [3.05, 3.63) is 0 Å². The molecule has 1 aliphatic heterocycles. The van der Waals surface area contributed by atoms with Gasteiger partial charge in [0.15, 0.2) is 0 Å². The predicted octanol–water partition coefficient (Wildman–Crippen LogP) is -5.11. The van der Waals surface area contributed by atoms with Crippen molar-refractivity contribution in [3.63, 3.8) is 0 Å². The molecular formula is C9H18N2O8. The first kappa shape index (κ1) is 16.2. The maximum absolute atomic E-state index is 10.9. The molecule has 19 heavy (non-hydrogen) atoms. The summed E-state index contributed by atoms with van der Waals surface area (Å²) in [5.41, 5.74) is 10.9. The minimum atomic E-state index is -2.96. The number of nitrogens with two attached hydrogens (primary N) is 2. The third-order valence-corrected chi connectivity index (χ3v) is 3.13. The molecule has 1 rings (SSSR count). The first-order valence-corrected chi connectivity index (χ1v) is 5.46. The summed E-state index contributed by atoms with van der Waals surface area (Å²) in [6, 6.07) is -3.10. The number of aliphatic carboxylic acids is 1. The number of carbonyl (C=O) groups is 1. The van der Waals surface area contributed by atoms with Crippen LogP contribution in [0.1, 0.15) is 0 Å². The standard InChI is InChI=1S/C9H18N2O8/c10-3-5(15)7(11)9(18,8(16)17)19-6(3)4(14)2(13)1-12/h2-7,12-15,18H,1,10-11H2,(H,16,17)/t2-,3-,4-,5-,6-,7?,9?/m1/s1. The van der Waals surface area contributed by atoms with Crippen LogP contribution in [0.15, 0.2) is 0 Å². The lowest BCUT2D eigenvalue weighted by molar-refractivity contribution is -0.300. The monoisotopic (exact) mass is 282 g/mol. The van der Waals surface area contributed by atoms with Crippen LogP contribution >= 0.6 is 0 Å². The van der Waals surface area contributed by atoms with E-state index in [2.05, 4.69) is 0 Å². The van der Waals surface area contributed by atoms with Crippen LogP contribution in [0.3, 0.4) is 0 Å². The van der Waals surface area contributed by atoms with Crippen molar-refractivity contribution in [1.29, 1.82) is 0 Å². The molecular weight excluding hydrogens is 264 g/mol. The zero-order valence-corrected chi connectivity index (χ0v) is 9.83. The van der Waals surface area contributed by atoms with Gasteiger partial charge in [-0.3, -0.25) is 0 Å². The molecule has 2 unspecified atom stereocenters. The van der Waals surface area contributed by atoms with Crippen LogP contribution in [-0.4, -0.2) is 85.5 Å². The van der Waals surface area contributed by atoms with Crippen LogP contribution in [0.2, 0.25) is 0 Å². The van der Waals surface area contributed by atoms with Gasteiger partial charge in [0.25, 0.3) is 5.79 Å². The average molecular weight is 282 g/mol. The Labute approximate surface area is 107 Å². The maximum atomic E-state index is 10.9. The largest absolute Gasteiger partial charge is 0.477 e. The third-order valence-electron chi connectivity index (χ3n) is 3.13. The van der Waals surface area contributed by atoms with Crippen molar-refractivity contribution in [2.24, 2.45) is 11.5 Å². The van der Waals surface area contributed by atoms with Crippen molar-refractivity contribution < 1.29 is 40.2 Å². The van der Waals surface area contributed by atoms with Gasteiger partial charge in [-0.1, -0.05) is 0 Å². The molecule has 7 atom stereocenters. The van der Waals surface area contributed by atoms with Gasteiger partial charge >= 0.3 is 5.97 Å². The average Bonchev–Trinajstić information content (AvgIpc) is 2.38. The van der Waals surface area contributed by atoms with E-state index in [-0.39, 0.29) is 0 Å². The number of hydrogen-bond acceptors (Lipinski definition) is 9. The Hall–Kier alpha value is -0.850. The molecule has 10 nitrogen and oxygen atoms in total. The molecule has 112 valence electrons. The van der Waals surface area contributed by atoms with Crippen LogP contribution in [0.4, 0.5) is 0 Å². The van der Waals surface area contributed by atoms with E-state index in [1.54, 1.807) is 0 Å². The van der Waals surface area contributed by atoms with E-state index in [0.29, 0.717) is 0 Å². The number of ether oxygens (including phenoxy) is 1. The molecule has 0 bridgehead atoms. The molecule has 10 heteroatoms. The van der Waals surface area contributed by atoms with E-state index in [4.69, 9.17) is 26.4 Å². The molecule has 0 amide bonds. The van der Waals surface area contributed by atoms with Gasteiger partial charge in [0.2, 0.25) is 0 Å². The Morgan fingerprint density at radius 1 is 1.37 bits per heavy atom. The Morgan fingerprint density at radius 3 is 2.32 bits per heavy atom. The number of aliphatic hydroxyl groups excluding tert-OH is 4. The summed E-state index contributed by atoms with van der Waals surface area (Å²) >= 11 is 0. The fraction of sp³-hybridized carbons (Fsp3) is 0.889. The van der Waals surface area contributed by atoms with Gasteiger partial charge in [-0.2, -0.15) is 0 Å². The van der Waals surface area contributed by atoms with Crippen molar-refractivity contribution >= 4 is 5.97 Å². The van der Waals surface area contributed by atoms with Gasteiger partial charge in [-0.15, -0.1) is 0 Å². The van der Waals surface area contributed by atoms with E-state index >= 15 is 0 Å². The van der Waals surface area contributed by atoms with Crippen molar-refractivity contribution in [2.45, 2.75) is 42.3 Å². The summed E-state index contributed by atoms with van der Waals surface area (Å²) in [7, 11) is 0. The summed E-state index contributed by atoms with van der Waals surface area (Å²) in [6.07, 6.45) is -6.82. The number of hydrogen-bond donors (Lipinski definition) is 8. The minimum absolute atomic E-state index is 0.846. The number of carboxylic acids is 1. The summed E-state index contributed by atoms with van der Waals surface area (Å²) in [5, 5.41) is 56.0. The molecule has 10 N–H and O–H groups in total. The molecule has 0 spiro atoms. The van der Waals surface area contributed by atoms with Gasteiger partial charge in [0, 0.05) is 0 Å². The summed E-state index contributed by atoms with van der Waals surface area (Å²) in [4.78, 5) is 10.9. The van der Waals surface area contributed by atoms with Crippen LogP contribution in [0, 0.1) is 0 Å². The summed E-state index contributed by atoms with van der Waals surface area (Å²) < 4.78 is 4.74. The van der Waals surface area contributed by atoms with E-state index in [9.17, 15) is 25.2 Å². The fourth-order valence-corrected chi connectivity index (χ4v) is 1.85. The topological polar surface area (TPSA) is 200 Å². The van der Waals surface area contributed by atoms with Crippen LogP contribution < -0.4 is 11.5 Å². The summed E-state index contributed by atoms with van der Waals surface area (Å²) in [6.45, 7) is -0.846. The Kier molecular flexibility index (Phi) is 4.81. The van der Waals surface area contributed by atoms with Crippen LogP contribution in [-0.2, 0) is 9.53 Å². The van der Waals surface area contributed by atoms with Crippen molar-refractivity contribution in [1.82, 2.24) is 0 Å². The lowest BCUT2D eigenvalue weighted by Gasteiger charge is -2.46. The fourth-order valence-electron chi connectivity index (χ4n) is 1.85. The van der Waals surface area contributed by atoms with Crippen LogP contribution in [0.5, 0.6) is 0 Å². The molecule has 0 aromatic heterocycles. The molecule has 0 aromatic rings. The second kappa shape index (κ2) is 5.64. The minimum Gasteiger partial charge on any atom is -0.477 e. The summed E-state index contributed by atoms with van der Waals surface area (Å²) in [5.74, 6) is -4.84. The molecule has 1 saturated heterocycles. The zero-order chi connectivity index (χ0) is 15.0. The Morgan fingerprint density at radius 2 is 1.89 bits per heavy atom. The molecule has 1 fully saturated rings. The molecule has 0 radical (unpaired) electrons. The predicted molar refractivity (Wildman–Crippen MR) is 58.5 cm³/mol. The highest BCUT2D eigenvalue weighted by molar-refractivity contribution is 5.76. The SMILES string of the molecule is NC1[C@H](O)[C@@H](N)[C@H]([C@H](O)[C@H](O)CO)OC1(O)C(=O)O. The lowest BCUT2D eigenvalue weighted by Crippen LogP contribution is -2.74. The van der Waals surface area contributed by atoms with Gasteiger partial charge in [0.05, 0.1) is 24.8 Å². The zero-order valence-electron chi connectivity index (χ0n) is 9.83. The highest BCUT2D eigenvalue weighted by Crippen LogP contribution is 2.28. The highest BCUT2D eigenvalue weighted by Gasteiger charge is 2.57. The normalized spacial score (nSPS) is 42.7. The van der Waals surface area contributed by atoms with Crippen LogP contribution in [0.25, 0.3) is 0 Å². The smallest absolute Gasteiger partial charge is 0.366 e. The van der Waals surface area contributed by atoms with Gasteiger partial charge in [-0.05, 0) is 0 Å². The highest BCUT2D eigenvalue weighted by atomic mass is 16.7. The molecule has 0 aliphatic carbocycles. The molecule has 0 aromatic carbocycles. The lowest BCUT2D eigenvalue weighted by atomic mass is 9.86. The second-order valence-corrected chi connectivity index (χ2v) is 4.42. The van der Waals surface area contributed by atoms with E-state index < -0.39 is 54.9 Å². The first-order valence-electron chi connectivity index (χ1n) is 5.46. The van der Waals surface area contributed by atoms with Gasteiger partial charge in [-0.25, -0.2) is 4.79 Å². The van der Waals surface area contributed by atoms with Gasteiger partial charge < -0.3 is 46.8 Å². The second-order valence-electron chi connectivity index (χ2n) is 4.42. The van der Waals surface area contributed by atoms with Gasteiger partial charge in [0.1, 0.15) is 18.3 Å². The quantitative estimate of drug-likeness (QED) is 0.246. The first-order chi connectivity index (χ1) is 8.66. The van der Waals surface area contributed by atoms with Crippen molar-refractivity contribution in [2.75, 3.05) is 6.61 Å². The third kappa shape index (κ3) is 2.70. The maximum Gasteiger partial charge on any atom is 0.366 e. The van der Waals surface area contributed by atoms with E-state index in [1.807, 2.05) is 0 Å². The number of carboxylic acid groups (broad SMARTS) is 1. The number of aliphatic hydroxyl groups is 5. The molecule has 0 saturated carbocycles. The van der Waals surface area contributed by atoms with Crippen molar-refractivity contribution in [3.8, 4) is 0 Å². The number of rotatable bonds is 4. The molecule has 1 heterocycles. The Balaban J connectivity index is 3.04. The Bertz CT molecular complexity index is 338. The van der Waals surface area contributed by atoms with E-state index in [0.717, 1.165) is 0 Å². The molecule has 1 aliphatic rings.